The first kappa shape index (κ1) is 22.8. The topological polar surface area (TPSA) is 40.5 Å². The van der Waals surface area contributed by atoms with Gasteiger partial charge in [0.25, 0.3) is 0 Å². The lowest BCUT2D eigenvalue weighted by Gasteiger charge is -2.44. The van der Waals surface area contributed by atoms with Crippen molar-refractivity contribution in [1.29, 1.82) is 0 Å². The summed E-state index contributed by atoms with van der Waals surface area (Å²) in [5.74, 6) is 2.26. The van der Waals surface area contributed by atoms with Gasteiger partial charge in [0, 0.05) is 0 Å². The minimum absolute atomic E-state index is 0.192. The van der Waals surface area contributed by atoms with Crippen molar-refractivity contribution in [3.8, 4) is 0 Å². The Hall–Kier alpha value is -0.860. The van der Waals surface area contributed by atoms with E-state index in [1.807, 2.05) is 13.8 Å². The lowest BCUT2D eigenvalue weighted by atomic mass is 9.60. The third kappa shape index (κ3) is 5.44. The second kappa shape index (κ2) is 9.10. The standard InChI is InChI=1S/C27H44O2/c1-19-10-13-23(28)18-22(19)12-11-21-9-7-17-27(5)24(14-15-25(21)27)20(2)8-6-16-26(3,4)29/h11-12,20,23-25,28-29H,1,6-10,13-18H2,2-5H3/t20-,23-,24-,25+,27-/m1/s1. The van der Waals surface area contributed by atoms with Crippen LogP contribution in [0.4, 0.5) is 0 Å². The van der Waals surface area contributed by atoms with E-state index in [4.69, 9.17) is 0 Å². The second-order valence-corrected chi connectivity index (χ2v) is 11.2. The summed E-state index contributed by atoms with van der Waals surface area (Å²) >= 11 is 0. The van der Waals surface area contributed by atoms with Gasteiger partial charge >= 0.3 is 0 Å². The fourth-order valence-corrected chi connectivity index (χ4v) is 6.67. The van der Waals surface area contributed by atoms with Crippen molar-refractivity contribution in [3.63, 3.8) is 0 Å². The molecular weight excluding hydrogens is 356 g/mol. The summed E-state index contributed by atoms with van der Waals surface area (Å²) < 4.78 is 0. The molecule has 2 nitrogen and oxygen atoms in total. The van der Waals surface area contributed by atoms with Crippen LogP contribution in [0.15, 0.2) is 35.5 Å². The Balaban J connectivity index is 1.68. The van der Waals surface area contributed by atoms with E-state index in [-0.39, 0.29) is 6.10 Å². The van der Waals surface area contributed by atoms with Crippen LogP contribution >= 0.6 is 0 Å². The van der Waals surface area contributed by atoms with Crippen molar-refractivity contribution in [2.45, 2.75) is 110 Å². The Morgan fingerprint density at radius 1 is 1.21 bits per heavy atom. The summed E-state index contributed by atoms with van der Waals surface area (Å²) in [6, 6.07) is 0. The maximum Gasteiger partial charge on any atom is 0.0591 e. The molecule has 164 valence electrons. The van der Waals surface area contributed by atoms with Gasteiger partial charge in [0.1, 0.15) is 0 Å². The number of allylic oxidation sites excluding steroid dienone is 4. The molecule has 0 radical (unpaired) electrons. The summed E-state index contributed by atoms with van der Waals surface area (Å²) in [6.07, 6.45) is 16.9. The van der Waals surface area contributed by atoms with E-state index >= 15 is 0 Å². The molecular formula is C27H44O2. The minimum Gasteiger partial charge on any atom is -0.393 e. The van der Waals surface area contributed by atoms with Gasteiger partial charge in [-0.3, -0.25) is 0 Å². The van der Waals surface area contributed by atoms with Gasteiger partial charge in [-0.05, 0) is 100 Å². The van der Waals surface area contributed by atoms with Crippen LogP contribution in [-0.2, 0) is 0 Å². The monoisotopic (exact) mass is 400 g/mol. The van der Waals surface area contributed by atoms with Crippen LogP contribution in [0.1, 0.15) is 98.3 Å². The first-order valence-electron chi connectivity index (χ1n) is 12.1. The van der Waals surface area contributed by atoms with E-state index in [1.54, 1.807) is 5.57 Å². The molecule has 3 fully saturated rings. The van der Waals surface area contributed by atoms with Crippen LogP contribution in [-0.4, -0.2) is 21.9 Å². The molecule has 0 aromatic rings. The Bertz CT molecular complexity index is 650. The maximum atomic E-state index is 10.0. The molecule has 0 aromatic heterocycles. The fraction of sp³-hybridized carbons (Fsp3) is 0.778. The molecule has 0 unspecified atom stereocenters. The highest BCUT2D eigenvalue weighted by molar-refractivity contribution is 5.36. The Morgan fingerprint density at radius 2 is 1.97 bits per heavy atom. The van der Waals surface area contributed by atoms with E-state index in [9.17, 15) is 10.2 Å². The molecule has 2 N–H and O–H groups in total. The molecule has 0 amide bonds. The lowest BCUT2D eigenvalue weighted by molar-refractivity contribution is 0.0596. The Labute approximate surface area is 179 Å². The van der Waals surface area contributed by atoms with Crippen LogP contribution in [0.2, 0.25) is 0 Å². The quantitative estimate of drug-likeness (QED) is 0.518. The molecule has 2 heteroatoms. The van der Waals surface area contributed by atoms with Crippen molar-refractivity contribution in [2.24, 2.45) is 23.2 Å². The van der Waals surface area contributed by atoms with Crippen molar-refractivity contribution < 1.29 is 10.2 Å². The molecule has 29 heavy (non-hydrogen) atoms. The number of rotatable bonds is 6. The Morgan fingerprint density at radius 3 is 2.69 bits per heavy atom. The summed E-state index contributed by atoms with van der Waals surface area (Å²) in [5.41, 5.74) is 4.02. The van der Waals surface area contributed by atoms with E-state index < -0.39 is 5.60 Å². The highest BCUT2D eigenvalue weighted by Crippen LogP contribution is 2.60. The van der Waals surface area contributed by atoms with Crippen molar-refractivity contribution in [1.82, 2.24) is 0 Å². The summed E-state index contributed by atoms with van der Waals surface area (Å²) in [7, 11) is 0. The van der Waals surface area contributed by atoms with E-state index in [0.717, 1.165) is 49.9 Å². The third-order valence-corrected chi connectivity index (χ3v) is 8.36. The molecule has 3 rings (SSSR count). The SMILES string of the molecule is C=C1CC[C@@H](O)CC1=CC=C1CCC[C@]2(C)[C@@H]([C@H](C)CCCC(C)(C)O)CC[C@@H]12. The number of hydrogen-bond donors (Lipinski definition) is 2. The lowest BCUT2D eigenvalue weighted by Crippen LogP contribution is -2.36. The number of aliphatic hydroxyl groups is 2. The number of hydrogen-bond acceptors (Lipinski definition) is 2. The first-order chi connectivity index (χ1) is 13.6. The van der Waals surface area contributed by atoms with Crippen LogP contribution < -0.4 is 0 Å². The minimum atomic E-state index is -0.535. The predicted molar refractivity (Wildman–Crippen MR) is 123 cm³/mol. The first-order valence-corrected chi connectivity index (χ1v) is 12.1. The average molecular weight is 401 g/mol. The van der Waals surface area contributed by atoms with Gasteiger partial charge in [-0.2, -0.15) is 0 Å². The van der Waals surface area contributed by atoms with Crippen LogP contribution in [0.3, 0.4) is 0 Å². The van der Waals surface area contributed by atoms with E-state index in [0.29, 0.717) is 5.41 Å². The zero-order chi connectivity index (χ0) is 21.2. The fourth-order valence-electron chi connectivity index (χ4n) is 6.67. The molecule has 3 saturated carbocycles. The van der Waals surface area contributed by atoms with Crippen molar-refractivity contribution in [3.05, 3.63) is 35.5 Å². The van der Waals surface area contributed by atoms with E-state index in [2.05, 4.69) is 32.6 Å². The zero-order valence-electron chi connectivity index (χ0n) is 19.3. The molecule has 3 aliphatic rings. The Kier molecular flexibility index (Phi) is 7.16. The number of fused-ring (bicyclic) bond motifs is 1. The van der Waals surface area contributed by atoms with Crippen LogP contribution in [0.5, 0.6) is 0 Å². The highest BCUT2D eigenvalue weighted by Gasteiger charge is 2.50. The summed E-state index contributed by atoms with van der Waals surface area (Å²) in [5, 5.41) is 20.1. The highest BCUT2D eigenvalue weighted by atomic mass is 16.3. The van der Waals surface area contributed by atoms with Gasteiger partial charge in [-0.15, -0.1) is 0 Å². The normalized spacial score (nSPS) is 37.2. The molecule has 5 atom stereocenters. The molecule has 0 saturated heterocycles. The van der Waals surface area contributed by atoms with Gasteiger partial charge in [-0.25, -0.2) is 0 Å². The van der Waals surface area contributed by atoms with Gasteiger partial charge in [0.2, 0.25) is 0 Å². The summed E-state index contributed by atoms with van der Waals surface area (Å²) in [6.45, 7) is 13.1. The molecule has 0 heterocycles. The predicted octanol–water partition coefficient (Wildman–Crippen LogP) is 6.73. The second-order valence-electron chi connectivity index (χ2n) is 11.2. The molecule has 0 aliphatic heterocycles. The maximum absolute atomic E-state index is 10.0. The van der Waals surface area contributed by atoms with Crippen molar-refractivity contribution in [2.75, 3.05) is 0 Å². The smallest absolute Gasteiger partial charge is 0.0591 e. The molecule has 0 aromatic carbocycles. The summed E-state index contributed by atoms with van der Waals surface area (Å²) in [4.78, 5) is 0. The van der Waals surface area contributed by atoms with Gasteiger partial charge in [0.05, 0.1) is 11.7 Å². The van der Waals surface area contributed by atoms with Gasteiger partial charge in [0.15, 0.2) is 0 Å². The zero-order valence-corrected chi connectivity index (χ0v) is 19.3. The van der Waals surface area contributed by atoms with Gasteiger partial charge in [-0.1, -0.05) is 56.6 Å². The number of aliphatic hydroxyl groups excluding tert-OH is 1. The largest absolute Gasteiger partial charge is 0.393 e. The van der Waals surface area contributed by atoms with E-state index in [1.165, 1.54) is 49.7 Å². The van der Waals surface area contributed by atoms with Gasteiger partial charge < -0.3 is 10.2 Å². The molecule has 0 bridgehead atoms. The third-order valence-electron chi connectivity index (χ3n) is 8.36. The van der Waals surface area contributed by atoms with Crippen LogP contribution in [0, 0.1) is 23.2 Å². The molecule has 0 spiro atoms. The van der Waals surface area contributed by atoms with Crippen LogP contribution in [0.25, 0.3) is 0 Å². The average Bonchev–Trinajstić information content (AvgIpc) is 2.99. The molecule has 3 aliphatic carbocycles. The van der Waals surface area contributed by atoms with Crippen molar-refractivity contribution >= 4 is 0 Å².